The second-order valence-electron chi connectivity index (χ2n) is 5.64. The van der Waals surface area contributed by atoms with E-state index in [0.717, 1.165) is 55.5 Å². The number of hydrogen-bond acceptors (Lipinski definition) is 5. The third kappa shape index (κ3) is 3.20. The number of hydrogen-bond donors (Lipinski definition) is 0. The number of aromatic nitrogens is 3. The van der Waals surface area contributed by atoms with Gasteiger partial charge < -0.3 is 9.47 Å². The van der Waals surface area contributed by atoms with Crippen LogP contribution in [0.5, 0.6) is 0 Å². The normalized spacial score (nSPS) is 16.7. The van der Waals surface area contributed by atoms with E-state index in [-0.39, 0.29) is 5.91 Å². The minimum Gasteiger partial charge on any atom is -0.337 e. The molecule has 7 heteroatoms. The molecule has 2 aromatic rings. The molecule has 0 atom stereocenters. The molecule has 1 fully saturated rings. The van der Waals surface area contributed by atoms with Crippen molar-refractivity contribution in [2.75, 3.05) is 26.2 Å². The molecule has 1 saturated heterocycles. The van der Waals surface area contributed by atoms with E-state index in [1.807, 2.05) is 31.3 Å². The molecule has 2 aromatic heterocycles. The molecule has 0 spiro atoms. The average molecular weight is 319 g/mol. The standard InChI is InChI=1S/C15H21N5OS/c1-12-14(22-11-17-12)15(21)20-6-3-5-19(8-9-20)10-13-16-4-7-18(13)2/h4,7,11H,3,5-6,8-10H2,1-2H3. The quantitative estimate of drug-likeness (QED) is 0.861. The Hall–Kier alpha value is -1.73. The highest BCUT2D eigenvalue weighted by molar-refractivity contribution is 7.11. The van der Waals surface area contributed by atoms with Gasteiger partial charge in [-0.1, -0.05) is 0 Å². The summed E-state index contributed by atoms with van der Waals surface area (Å²) in [4.78, 5) is 26.2. The van der Waals surface area contributed by atoms with Crippen LogP contribution in [0.15, 0.2) is 17.9 Å². The number of amides is 1. The number of carbonyl (C=O) groups excluding carboxylic acids is 1. The van der Waals surface area contributed by atoms with Gasteiger partial charge in [0.15, 0.2) is 0 Å². The largest absolute Gasteiger partial charge is 0.337 e. The van der Waals surface area contributed by atoms with Crippen LogP contribution in [0.25, 0.3) is 0 Å². The molecule has 1 aliphatic rings. The summed E-state index contributed by atoms with van der Waals surface area (Å²) in [7, 11) is 2.02. The summed E-state index contributed by atoms with van der Waals surface area (Å²) in [6.07, 6.45) is 4.79. The molecule has 0 aliphatic carbocycles. The van der Waals surface area contributed by atoms with Crippen LogP contribution in [0.3, 0.4) is 0 Å². The minimum absolute atomic E-state index is 0.124. The van der Waals surface area contributed by atoms with Crippen molar-refractivity contribution in [1.82, 2.24) is 24.3 Å². The van der Waals surface area contributed by atoms with Crippen molar-refractivity contribution in [3.05, 3.63) is 34.3 Å². The number of imidazole rings is 1. The van der Waals surface area contributed by atoms with Crippen LogP contribution in [0.2, 0.25) is 0 Å². The van der Waals surface area contributed by atoms with E-state index in [4.69, 9.17) is 0 Å². The second kappa shape index (κ2) is 6.58. The molecule has 3 rings (SSSR count). The maximum atomic E-state index is 12.6. The van der Waals surface area contributed by atoms with E-state index in [2.05, 4.69) is 19.4 Å². The van der Waals surface area contributed by atoms with Gasteiger partial charge in [-0.05, 0) is 13.3 Å². The predicted octanol–water partition coefficient (Wildman–Crippen LogP) is 1.53. The van der Waals surface area contributed by atoms with Gasteiger partial charge in [0.25, 0.3) is 5.91 Å². The highest BCUT2D eigenvalue weighted by Crippen LogP contribution is 2.17. The lowest BCUT2D eigenvalue weighted by Crippen LogP contribution is -2.35. The summed E-state index contributed by atoms with van der Waals surface area (Å²) in [6, 6.07) is 0. The minimum atomic E-state index is 0.124. The Morgan fingerprint density at radius 2 is 2.14 bits per heavy atom. The summed E-state index contributed by atoms with van der Waals surface area (Å²) < 4.78 is 2.05. The number of aryl methyl sites for hydroxylation is 2. The third-order valence-corrected chi connectivity index (χ3v) is 5.02. The van der Waals surface area contributed by atoms with Gasteiger partial charge in [-0.15, -0.1) is 11.3 Å². The van der Waals surface area contributed by atoms with Crippen molar-refractivity contribution in [3.8, 4) is 0 Å². The molecule has 0 bridgehead atoms. The zero-order valence-corrected chi connectivity index (χ0v) is 13.8. The molecule has 0 saturated carbocycles. The number of thiazole rings is 1. The van der Waals surface area contributed by atoms with Gasteiger partial charge in [0.1, 0.15) is 10.7 Å². The van der Waals surface area contributed by atoms with Crippen molar-refractivity contribution < 1.29 is 4.79 Å². The number of nitrogens with zero attached hydrogens (tertiary/aromatic N) is 5. The zero-order valence-electron chi connectivity index (χ0n) is 13.0. The average Bonchev–Trinajstić information content (AvgIpc) is 3.02. The SMILES string of the molecule is Cc1ncsc1C(=O)N1CCCN(Cc2nccn2C)CC1. The van der Waals surface area contributed by atoms with Gasteiger partial charge in [0.05, 0.1) is 17.7 Å². The van der Waals surface area contributed by atoms with Crippen LogP contribution in [0, 0.1) is 6.92 Å². The molecule has 6 nitrogen and oxygen atoms in total. The molecule has 0 radical (unpaired) electrons. The topological polar surface area (TPSA) is 54.3 Å². The van der Waals surface area contributed by atoms with Gasteiger partial charge in [-0.2, -0.15) is 0 Å². The second-order valence-corrected chi connectivity index (χ2v) is 6.50. The van der Waals surface area contributed by atoms with Crippen LogP contribution in [-0.4, -0.2) is 56.4 Å². The molecule has 0 unspecified atom stereocenters. The Kier molecular flexibility index (Phi) is 4.54. The van der Waals surface area contributed by atoms with Gasteiger partial charge in [-0.3, -0.25) is 9.69 Å². The van der Waals surface area contributed by atoms with E-state index < -0.39 is 0 Å². The van der Waals surface area contributed by atoms with Gasteiger partial charge in [-0.25, -0.2) is 9.97 Å². The fourth-order valence-electron chi connectivity index (χ4n) is 2.73. The summed E-state index contributed by atoms with van der Waals surface area (Å²) in [5.41, 5.74) is 2.58. The Morgan fingerprint density at radius 3 is 2.82 bits per heavy atom. The van der Waals surface area contributed by atoms with Crippen molar-refractivity contribution in [2.45, 2.75) is 19.9 Å². The molecule has 22 heavy (non-hydrogen) atoms. The van der Waals surface area contributed by atoms with Crippen LogP contribution < -0.4 is 0 Å². The first-order chi connectivity index (χ1) is 10.6. The van der Waals surface area contributed by atoms with Gasteiger partial charge >= 0.3 is 0 Å². The van der Waals surface area contributed by atoms with E-state index in [9.17, 15) is 4.79 Å². The molecular weight excluding hydrogens is 298 g/mol. The Balaban J connectivity index is 1.61. The summed E-state index contributed by atoms with van der Waals surface area (Å²) in [5.74, 6) is 1.19. The van der Waals surface area contributed by atoms with Gasteiger partial charge in [0.2, 0.25) is 0 Å². The number of rotatable bonds is 3. The van der Waals surface area contributed by atoms with Crippen molar-refractivity contribution >= 4 is 17.2 Å². The highest BCUT2D eigenvalue weighted by Gasteiger charge is 2.23. The molecule has 0 aromatic carbocycles. The van der Waals surface area contributed by atoms with Crippen molar-refractivity contribution in [2.24, 2.45) is 7.05 Å². The molecular formula is C15H21N5OS. The Bertz CT molecular complexity index is 650. The van der Waals surface area contributed by atoms with Crippen LogP contribution in [0.1, 0.15) is 27.6 Å². The monoisotopic (exact) mass is 319 g/mol. The smallest absolute Gasteiger partial charge is 0.265 e. The molecule has 1 amide bonds. The maximum Gasteiger partial charge on any atom is 0.265 e. The molecule has 118 valence electrons. The first-order valence-corrected chi connectivity index (χ1v) is 8.41. The molecule has 1 aliphatic heterocycles. The third-order valence-electron chi connectivity index (χ3n) is 4.10. The summed E-state index contributed by atoms with van der Waals surface area (Å²) in [6.45, 7) is 6.20. The van der Waals surface area contributed by atoms with E-state index in [1.54, 1.807) is 5.51 Å². The summed E-state index contributed by atoms with van der Waals surface area (Å²) >= 11 is 1.44. The van der Waals surface area contributed by atoms with Crippen LogP contribution >= 0.6 is 11.3 Å². The fraction of sp³-hybridized carbons (Fsp3) is 0.533. The first-order valence-electron chi connectivity index (χ1n) is 7.53. The van der Waals surface area contributed by atoms with Crippen LogP contribution in [-0.2, 0) is 13.6 Å². The van der Waals surface area contributed by atoms with Crippen LogP contribution in [0.4, 0.5) is 0 Å². The Morgan fingerprint density at radius 1 is 1.27 bits per heavy atom. The lowest BCUT2D eigenvalue weighted by Gasteiger charge is -2.21. The lowest BCUT2D eigenvalue weighted by molar-refractivity contribution is 0.0765. The van der Waals surface area contributed by atoms with Gasteiger partial charge in [0, 0.05) is 45.6 Å². The number of carbonyl (C=O) groups is 1. The Labute approximate surface area is 134 Å². The molecule has 3 heterocycles. The maximum absolute atomic E-state index is 12.6. The lowest BCUT2D eigenvalue weighted by atomic mass is 10.3. The first kappa shape index (κ1) is 15.2. The predicted molar refractivity (Wildman–Crippen MR) is 85.9 cm³/mol. The van der Waals surface area contributed by atoms with E-state index >= 15 is 0 Å². The fourth-order valence-corrected chi connectivity index (χ4v) is 3.50. The van der Waals surface area contributed by atoms with E-state index in [0.29, 0.717) is 0 Å². The van der Waals surface area contributed by atoms with Crippen molar-refractivity contribution in [1.29, 1.82) is 0 Å². The molecule has 0 N–H and O–H groups in total. The zero-order chi connectivity index (χ0) is 15.5. The van der Waals surface area contributed by atoms with Crippen molar-refractivity contribution in [3.63, 3.8) is 0 Å². The highest BCUT2D eigenvalue weighted by atomic mass is 32.1. The summed E-state index contributed by atoms with van der Waals surface area (Å²) in [5, 5.41) is 0. The van der Waals surface area contributed by atoms with E-state index in [1.165, 1.54) is 11.3 Å².